The number of amides is 2. The molecule has 0 aliphatic carbocycles. The van der Waals surface area contributed by atoms with Crippen molar-refractivity contribution in [3.8, 4) is 11.1 Å². The number of thioether (sulfide) groups is 1. The minimum Gasteiger partial charge on any atom is -0.272 e. The quantitative estimate of drug-likeness (QED) is 0.785. The van der Waals surface area contributed by atoms with E-state index in [9.17, 15) is 9.59 Å². The average Bonchev–Trinajstić information content (AvgIpc) is 2.76. The van der Waals surface area contributed by atoms with Gasteiger partial charge in [0.25, 0.3) is 11.1 Å². The van der Waals surface area contributed by atoms with E-state index < -0.39 is 0 Å². The van der Waals surface area contributed by atoms with Crippen molar-refractivity contribution in [3.63, 3.8) is 0 Å². The van der Waals surface area contributed by atoms with Gasteiger partial charge in [0.2, 0.25) is 0 Å². The summed E-state index contributed by atoms with van der Waals surface area (Å²) in [5, 5.41) is -0.229. The lowest BCUT2D eigenvalue weighted by Gasteiger charge is -2.03. The predicted molar refractivity (Wildman–Crippen MR) is 85.6 cm³/mol. The van der Waals surface area contributed by atoms with E-state index in [1.54, 1.807) is 6.08 Å². The Hall–Kier alpha value is -2.33. The Morgan fingerprint density at radius 2 is 1.52 bits per heavy atom. The lowest BCUT2D eigenvalue weighted by molar-refractivity contribution is -0.121. The number of nitrogens with zero attached hydrogens (tertiary/aromatic N) is 1. The van der Waals surface area contributed by atoms with Crippen LogP contribution in [0.25, 0.3) is 17.2 Å². The molecule has 0 saturated carbocycles. The minimum absolute atomic E-state index is 0.229. The molecule has 0 aromatic heterocycles. The molecule has 3 rings (SSSR count). The maximum absolute atomic E-state index is 11.8. The lowest BCUT2D eigenvalue weighted by atomic mass is 10.0. The first-order valence-electron chi connectivity index (χ1n) is 6.52. The predicted octanol–water partition coefficient (Wildman–Crippen LogP) is 4.02. The Kier molecular flexibility index (Phi) is 3.62. The third-order valence-corrected chi connectivity index (χ3v) is 4.26. The standard InChI is InChI=1S/C17H13NO2S/c1-18-16(19)15(21-17(18)20)11-12-7-9-14(10-8-12)13-5-3-2-4-6-13/h2-11H,1H3/b15-11-. The molecular weight excluding hydrogens is 282 g/mol. The van der Waals surface area contributed by atoms with E-state index in [1.165, 1.54) is 7.05 Å². The monoisotopic (exact) mass is 295 g/mol. The molecule has 2 amide bonds. The molecule has 4 heteroatoms. The molecule has 0 spiro atoms. The zero-order valence-corrected chi connectivity index (χ0v) is 12.3. The Morgan fingerprint density at radius 1 is 0.905 bits per heavy atom. The van der Waals surface area contributed by atoms with E-state index >= 15 is 0 Å². The molecule has 0 unspecified atom stereocenters. The molecule has 2 aromatic rings. The average molecular weight is 295 g/mol. The SMILES string of the molecule is CN1C(=O)S/C(=C\c2ccc(-c3ccccc3)cc2)C1=O. The smallest absolute Gasteiger partial charge is 0.272 e. The number of rotatable bonds is 2. The molecule has 3 nitrogen and oxygen atoms in total. The second kappa shape index (κ2) is 5.58. The maximum atomic E-state index is 11.8. The summed E-state index contributed by atoms with van der Waals surface area (Å²) in [6.45, 7) is 0. The van der Waals surface area contributed by atoms with Gasteiger partial charge >= 0.3 is 0 Å². The normalized spacial score (nSPS) is 16.8. The zero-order valence-electron chi connectivity index (χ0n) is 11.4. The highest BCUT2D eigenvalue weighted by Crippen LogP contribution is 2.31. The van der Waals surface area contributed by atoms with Crippen molar-refractivity contribution in [2.24, 2.45) is 0 Å². The van der Waals surface area contributed by atoms with Crippen molar-refractivity contribution < 1.29 is 9.59 Å². The van der Waals surface area contributed by atoms with Crippen LogP contribution in [0.5, 0.6) is 0 Å². The van der Waals surface area contributed by atoms with Crippen LogP contribution in [-0.2, 0) is 4.79 Å². The van der Waals surface area contributed by atoms with E-state index in [0.717, 1.165) is 33.4 Å². The van der Waals surface area contributed by atoms with Crippen LogP contribution in [0.15, 0.2) is 59.5 Å². The first-order chi connectivity index (χ1) is 10.1. The number of imide groups is 1. The molecule has 104 valence electrons. The largest absolute Gasteiger partial charge is 0.293 e. The van der Waals surface area contributed by atoms with Crippen LogP contribution >= 0.6 is 11.8 Å². The van der Waals surface area contributed by atoms with Crippen LogP contribution in [0.4, 0.5) is 4.79 Å². The highest BCUT2D eigenvalue weighted by Gasteiger charge is 2.31. The summed E-state index contributed by atoms with van der Waals surface area (Å²) in [5.74, 6) is -0.239. The van der Waals surface area contributed by atoms with E-state index in [2.05, 4.69) is 12.1 Å². The maximum Gasteiger partial charge on any atom is 0.293 e. The van der Waals surface area contributed by atoms with Gasteiger partial charge in [-0.3, -0.25) is 14.5 Å². The van der Waals surface area contributed by atoms with Crippen molar-refractivity contribution in [1.82, 2.24) is 4.90 Å². The highest BCUT2D eigenvalue weighted by molar-refractivity contribution is 8.18. The van der Waals surface area contributed by atoms with Gasteiger partial charge in [-0.25, -0.2) is 0 Å². The molecule has 1 aliphatic rings. The molecule has 1 aliphatic heterocycles. The van der Waals surface area contributed by atoms with Crippen molar-refractivity contribution in [2.45, 2.75) is 0 Å². The number of hydrogen-bond donors (Lipinski definition) is 0. The molecule has 1 heterocycles. The summed E-state index contributed by atoms with van der Waals surface area (Å²) >= 11 is 0.976. The number of carbonyl (C=O) groups excluding carboxylic acids is 2. The van der Waals surface area contributed by atoms with Gasteiger partial charge in [-0.05, 0) is 34.5 Å². The number of hydrogen-bond acceptors (Lipinski definition) is 3. The van der Waals surface area contributed by atoms with Gasteiger partial charge in [-0.1, -0.05) is 54.6 Å². The van der Waals surface area contributed by atoms with Gasteiger partial charge in [-0.2, -0.15) is 0 Å². The highest BCUT2D eigenvalue weighted by atomic mass is 32.2. The van der Waals surface area contributed by atoms with Crippen LogP contribution < -0.4 is 0 Å². The summed E-state index contributed by atoms with van der Waals surface area (Å²) < 4.78 is 0. The molecule has 0 radical (unpaired) electrons. The number of benzene rings is 2. The van der Waals surface area contributed by atoms with Gasteiger partial charge in [0.1, 0.15) is 0 Å². The Balaban J connectivity index is 1.86. The fourth-order valence-corrected chi connectivity index (χ4v) is 2.93. The first-order valence-corrected chi connectivity index (χ1v) is 7.34. The van der Waals surface area contributed by atoms with Crippen molar-refractivity contribution in [3.05, 3.63) is 65.1 Å². The summed E-state index contributed by atoms with van der Waals surface area (Å²) in [5.41, 5.74) is 3.18. The van der Waals surface area contributed by atoms with Gasteiger partial charge in [-0.15, -0.1) is 0 Å². The topological polar surface area (TPSA) is 37.4 Å². The molecule has 1 fully saturated rings. The number of likely N-dealkylation sites (N-methyl/N-ethyl adjacent to an activating group) is 1. The van der Waals surface area contributed by atoms with E-state index in [1.807, 2.05) is 42.5 Å². The molecule has 0 bridgehead atoms. The Morgan fingerprint density at radius 3 is 2.10 bits per heavy atom. The van der Waals surface area contributed by atoms with Crippen LogP contribution in [0.2, 0.25) is 0 Å². The summed E-state index contributed by atoms with van der Waals surface area (Å²) in [4.78, 5) is 24.9. The van der Waals surface area contributed by atoms with E-state index in [-0.39, 0.29) is 11.1 Å². The molecule has 0 N–H and O–H groups in total. The fraction of sp³-hybridized carbons (Fsp3) is 0.0588. The molecule has 21 heavy (non-hydrogen) atoms. The van der Waals surface area contributed by atoms with E-state index in [0.29, 0.717) is 4.91 Å². The third kappa shape index (κ3) is 2.76. The molecule has 2 aromatic carbocycles. The molecule has 1 saturated heterocycles. The Bertz CT molecular complexity index is 720. The van der Waals surface area contributed by atoms with Crippen LogP contribution in [-0.4, -0.2) is 23.1 Å². The third-order valence-electron chi connectivity index (χ3n) is 3.30. The van der Waals surface area contributed by atoms with E-state index in [4.69, 9.17) is 0 Å². The van der Waals surface area contributed by atoms with Gasteiger partial charge in [0.15, 0.2) is 0 Å². The zero-order chi connectivity index (χ0) is 14.8. The van der Waals surface area contributed by atoms with Gasteiger partial charge in [0.05, 0.1) is 4.91 Å². The second-order valence-corrected chi connectivity index (χ2v) is 5.72. The minimum atomic E-state index is -0.239. The summed E-state index contributed by atoms with van der Waals surface area (Å²) in [7, 11) is 1.50. The number of carbonyl (C=O) groups is 2. The van der Waals surface area contributed by atoms with Crippen molar-refractivity contribution in [1.29, 1.82) is 0 Å². The second-order valence-electron chi connectivity index (χ2n) is 4.73. The van der Waals surface area contributed by atoms with Gasteiger partial charge in [0, 0.05) is 7.05 Å². The van der Waals surface area contributed by atoms with Crippen LogP contribution in [0.1, 0.15) is 5.56 Å². The fourth-order valence-electron chi connectivity index (χ4n) is 2.10. The summed E-state index contributed by atoms with van der Waals surface area (Å²) in [6.07, 6.45) is 1.75. The van der Waals surface area contributed by atoms with Crippen molar-refractivity contribution >= 4 is 29.0 Å². The molecular formula is C17H13NO2S. The van der Waals surface area contributed by atoms with Crippen molar-refractivity contribution in [2.75, 3.05) is 7.05 Å². The first kappa shape index (κ1) is 13.6. The Labute approximate surface area is 127 Å². The molecule has 0 atom stereocenters. The lowest BCUT2D eigenvalue weighted by Crippen LogP contribution is -2.22. The van der Waals surface area contributed by atoms with Crippen LogP contribution in [0.3, 0.4) is 0 Å². The van der Waals surface area contributed by atoms with Crippen LogP contribution in [0, 0.1) is 0 Å². The van der Waals surface area contributed by atoms with Gasteiger partial charge < -0.3 is 0 Å². The summed E-state index contributed by atoms with van der Waals surface area (Å²) in [6, 6.07) is 18.0.